The van der Waals surface area contributed by atoms with Crippen LogP contribution in [0.1, 0.15) is 60.8 Å². The predicted octanol–water partition coefficient (Wildman–Crippen LogP) is 5.52. The molecule has 0 radical (unpaired) electrons. The maximum absolute atomic E-state index is 6.49. The first kappa shape index (κ1) is 25.3. The first-order valence-electron chi connectivity index (χ1n) is 10.6. The van der Waals surface area contributed by atoms with E-state index in [2.05, 4.69) is 35.2 Å². The van der Waals surface area contributed by atoms with Crippen molar-refractivity contribution >= 4 is 5.95 Å². The van der Waals surface area contributed by atoms with E-state index in [1.54, 1.807) is 19.4 Å². The Kier molecular flexibility index (Phi) is 11.3. The largest absolute Gasteiger partial charge is 0.497 e. The lowest BCUT2D eigenvalue weighted by molar-refractivity contribution is 0.232. The number of rotatable bonds is 12. The lowest BCUT2D eigenvalue weighted by atomic mass is 10.0. The first-order chi connectivity index (χ1) is 14.3. The van der Waals surface area contributed by atoms with E-state index < -0.39 is 0 Å². The van der Waals surface area contributed by atoms with Crippen molar-refractivity contribution in [3.63, 3.8) is 0 Å². The van der Waals surface area contributed by atoms with E-state index in [-0.39, 0.29) is 6.10 Å². The van der Waals surface area contributed by atoms with Crippen LogP contribution in [0.4, 0.5) is 5.95 Å². The Balaban J connectivity index is 3.01. The molecule has 6 heteroatoms. The highest BCUT2D eigenvalue weighted by atomic mass is 16.5. The second-order valence-corrected chi connectivity index (χ2v) is 7.39. The molecule has 0 aromatic carbocycles. The van der Waals surface area contributed by atoms with Gasteiger partial charge in [0.1, 0.15) is 5.76 Å². The van der Waals surface area contributed by atoms with Gasteiger partial charge in [-0.3, -0.25) is 0 Å². The summed E-state index contributed by atoms with van der Waals surface area (Å²) in [7, 11) is 1.69. The molecule has 0 amide bonds. The summed E-state index contributed by atoms with van der Waals surface area (Å²) in [6.45, 7) is 12.8. The number of hydrogen-bond acceptors (Lipinski definition) is 6. The van der Waals surface area contributed by atoms with Gasteiger partial charge in [-0.1, -0.05) is 32.4 Å². The molecular formula is C24H38N4O2. The molecule has 166 valence electrons. The average molecular weight is 415 g/mol. The summed E-state index contributed by atoms with van der Waals surface area (Å²) < 4.78 is 11.1. The Bertz CT molecular complexity index is 792. The summed E-state index contributed by atoms with van der Waals surface area (Å²) in [6.07, 6.45) is 10.7. The number of hydrogen-bond donors (Lipinski definition) is 2. The number of anilines is 1. The Morgan fingerprint density at radius 3 is 2.53 bits per heavy atom. The maximum Gasteiger partial charge on any atom is 0.226 e. The first-order valence-corrected chi connectivity index (χ1v) is 10.6. The summed E-state index contributed by atoms with van der Waals surface area (Å²) >= 11 is 0. The Morgan fingerprint density at radius 2 is 1.93 bits per heavy atom. The van der Waals surface area contributed by atoms with E-state index in [0.717, 1.165) is 47.4 Å². The van der Waals surface area contributed by atoms with E-state index in [1.807, 2.05) is 39.8 Å². The van der Waals surface area contributed by atoms with Crippen LogP contribution >= 0.6 is 0 Å². The number of methoxy groups -OCH3 is 1. The fourth-order valence-electron chi connectivity index (χ4n) is 2.88. The molecule has 6 nitrogen and oxygen atoms in total. The van der Waals surface area contributed by atoms with Gasteiger partial charge >= 0.3 is 0 Å². The molecule has 0 unspecified atom stereocenters. The smallest absolute Gasteiger partial charge is 0.226 e. The van der Waals surface area contributed by atoms with Crippen LogP contribution in [-0.4, -0.2) is 29.7 Å². The van der Waals surface area contributed by atoms with E-state index in [1.165, 1.54) is 0 Å². The second-order valence-electron chi connectivity index (χ2n) is 7.39. The number of allylic oxidation sites excluding steroid dienone is 5. The molecule has 0 aliphatic heterocycles. The van der Waals surface area contributed by atoms with Gasteiger partial charge in [-0.05, 0) is 63.3 Å². The second kappa shape index (κ2) is 13.5. The summed E-state index contributed by atoms with van der Waals surface area (Å²) in [5.74, 6) is 1.92. The van der Waals surface area contributed by atoms with E-state index in [9.17, 15) is 0 Å². The molecular weight excluding hydrogens is 376 g/mol. The minimum absolute atomic E-state index is 0.0626. The van der Waals surface area contributed by atoms with Crippen LogP contribution in [0.2, 0.25) is 0 Å². The lowest BCUT2D eigenvalue weighted by Crippen LogP contribution is -2.14. The topological polar surface area (TPSA) is 82.3 Å². The quantitative estimate of drug-likeness (QED) is 0.346. The third-order valence-corrected chi connectivity index (χ3v) is 4.41. The summed E-state index contributed by atoms with van der Waals surface area (Å²) in [6, 6.07) is 1.75. The molecule has 30 heavy (non-hydrogen) atoms. The van der Waals surface area contributed by atoms with Crippen LogP contribution in [0.25, 0.3) is 0 Å². The van der Waals surface area contributed by atoms with Crippen molar-refractivity contribution in [3.8, 4) is 5.88 Å². The predicted molar refractivity (Wildman–Crippen MR) is 125 cm³/mol. The van der Waals surface area contributed by atoms with E-state index >= 15 is 0 Å². The third kappa shape index (κ3) is 8.72. The fraction of sp³-hybridized carbons (Fsp3) is 0.500. The number of aromatic nitrogens is 2. The van der Waals surface area contributed by atoms with E-state index in [0.29, 0.717) is 18.4 Å². The third-order valence-electron chi connectivity index (χ3n) is 4.41. The maximum atomic E-state index is 6.49. The highest BCUT2D eigenvalue weighted by Crippen LogP contribution is 2.18. The van der Waals surface area contributed by atoms with Crippen molar-refractivity contribution in [2.45, 2.75) is 66.9 Å². The summed E-state index contributed by atoms with van der Waals surface area (Å²) in [4.78, 5) is 8.68. The Labute approximate surface area is 182 Å². The molecule has 0 bridgehead atoms. The van der Waals surface area contributed by atoms with Crippen molar-refractivity contribution in [2.75, 3.05) is 19.0 Å². The number of ether oxygens (including phenoxy) is 2. The minimum atomic E-state index is 0.0626. The molecule has 1 rings (SSSR count). The molecule has 1 aromatic rings. The van der Waals surface area contributed by atoms with Crippen molar-refractivity contribution in [2.24, 2.45) is 5.73 Å². The molecule has 0 aliphatic carbocycles. The van der Waals surface area contributed by atoms with Gasteiger partial charge in [0.05, 0.1) is 13.2 Å². The normalized spacial score (nSPS) is 13.9. The van der Waals surface area contributed by atoms with Crippen LogP contribution in [0.3, 0.4) is 0 Å². The molecule has 0 saturated heterocycles. The lowest BCUT2D eigenvalue weighted by Gasteiger charge is -2.14. The van der Waals surface area contributed by atoms with Crippen molar-refractivity contribution in [1.82, 2.24) is 9.97 Å². The molecule has 0 fully saturated rings. The zero-order chi connectivity index (χ0) is 22.5. The monoisotopic (exact) mass is 414 g/mol. The standard InChI is InChI=1S/C24H38N4O2/c1-8-10-18(5)21(29-7)13-12-19(6)23(25)20(11-9-2)16-27-24-26-15-14-22(28-24)30-17(3)4/h10,12-15,17H,8-9,11,16,25H2,1-7H3,(H,26,27,28)/b18-10+,19-12+,21-13+,23-20+. The van der Waals surface area contributed by atoms with Crippen LogP contribution < -0.4 is 15.8 Å². The van der Waals surface area contributed by atoms with Gasteiger partial charge in [-0.15, -0.1) is 0 Å². The number of nitrogens with one attached hydrogen (secondary N) is 1. The molecule has 1 heterocycles. The zero-order valence-corrected chi connectivity index (χ0v) is 19.6. The van der Waals surface area contributed by atoms with Crippen LogP contribution in [-0.2, 0) is 4.74 Å². The van der Waals surface area contributed by atoms with Gasteiger partial charge in [0, 0.05) is 24.5 Å². The van der Waals surface area contributed by atoms with E-state index in [4.69, 9.17) is 15.2 Å². The van der Waals surface area contributed by atoms with Gasteiger partial charge < -0.3 is 20.5 Å². The summed E-state index contributed by atoms with van der Waals surface area (Å²) in [5.41, 5.74) is 10.5. The zero-order valence-electron chi connectivity index (χ0n) is 19.6. The highest BCUT2D eigenvalue weighted by molar-refractivity contribution is 5.39. The highest BCUT2D eigenvalue weighted by Gasteiger charge is 2.08. The van der Waals surface area contributed by atoms with Gasteiger partial charge in [-0.25, -0.2) is 4.98 Å². The van der Waals surface area contributed by atoms with Gasteiger partial charge in [-0.2, -0.15) is 4.98 Å². The van der Waals surface area contributed by atoms with Crippen molar-refractivity contribution < 1.29 is 9.47 Å². The Morgan fingerprint density at radius 1 is 1.20 bits per heavy atom. The van der Waals surface area contributed by atoms with Crippen molar-refractivity contribution in [3.05, 3.63) is 58.7 Å². The molecule has 0 saturated carbocycles. The van der Waals surface area contributed by atoms with Gasteiger partial charge in [0.2, 0.25) is 11.8 Å². The Hall–Kier alpha value is -2.76. The molecule has 1 aromatic heterocycles. The minimum Gasteiger partial charge on any atom is -0.497 e. The van der Waals surface area contributed by atoms with Crippen LogP contribution in [0.15, 0.2) is 58.7 Å². The number of nitrogens with two attached hydrogens (primary N) is 1. The summed E-state index contributed by atoms with van der Waals surface area (Å²) in [5, 5.41) is 3.27. The molecule has 0 spiro atoms. The van der Waals surface area contributed by atoms with Crippen LogP contribution in [0.5, 0.6) is 5.88 Å². The SMILES string of the molecule is CC/C=C(C)/C(=C\C=C(C)\C(N)=C(\CCC)CNc1nccc(OC(C)C)n1)OC. The van der Waals surface area contributed by atoms with Crippen molar-refractivity contribution in [1.29, 1.82) is 0 Å². The van der Waals surface area contributed by atoms with Gasteiger partial charge in [0.25, 0.3) is 0 Å². The molecule has 0 aliphatic rings. The average Bonchev–Trinajstić information content (AvgIpc) is 2.71. The van der Waals surface area contributed by atoms with Crippen LogP contribution in [0, 0.1) is 0 Å². The molecule has 0 atom stereocenters. The van der Waals surface area contributed by atoms with Gasteiger partial charge in [0.15, 0.2) is 0 Å². The fourth-order valence-corrected chi connectivity index (χ4v) is 2.88. The molecule has 3 N–H and O–H groups in total. The number of nitrogens with zero attached hydrogens (tertiary/aromatic N) is 2.